The molecule has 2 N–H and O–H groups in total. The third kappa shape index (κ3) is 3.98. The molecule has 0 radical (unpaired) electrons. The number of hydrogen-bond donors (Lipinski definition) is 2. The molecule has 3 aromatic heterocycles. The van der Waals surface area contributed by atoms with E-state index < -0.39 is 0 Å². The lowest BCUT2D eigenvalue weighted by atomic mass is 10.2. The number of furan rings is 1. The standard InChI is InChI=1S/C23H15N3O3S2/c27-21(17-9-5-13-29-17)26-20-12-11-19(30-20)22(28)24-15-7-2-1-6-14(15)23-25-16-8-3-4-10-18(16)31-23/h1-13H,(H,24,28)(H,26,27). The average molecular weight is 446 g/mol. The molecular weight excluding hydrogens is 430 g/mol. The highest BCUT2D eigenvalue weighted by Crippen LogP contribution is 2.35. The molecule has 0 unspecified atom stereocenters. The van der Waals surface area contributed by atoms with E-state index in [1.54, 1.807) is 35.6 Å². The summed E-state index contributed by atoms with van der Waals surface area (Å²) in [5.41, 5.74) is 2.47. The van der Waals surface area contributed by atoms with Crippen LogP contribution in [0.2, 0.25) is 0 Å². The van der Waals surface area contributed by atoms with Crippen molar-refractivity contribution in [1.29, 1.82) is 0 Å². The maximum absolute atomic E-state index is 12.8. The molecule has 6 nitrogen and oxygen atoms in total. The van der Waals surface area contributed by atoms with Gasteiger partial charge < -0.3 is 15.1 Å². The first-order valence-electron chi connectivity index (χ1n) is 9.38. The van der Waals surface area contributed by atoms with Gasteiger partial charge in [-0.25, -0.2) is 4.98 Å². The largest absolute Gasteiger partial charge is 0.459 e. The number of rotatable bonds is 5. The van der Waals surface area contributed by atoms with Gasteiger partial charge in [-0.1, -0.05) is 24.3 Å². The van der Waals surface area contributed by atoms with Crippen LogP contribution >= 0.6 is 22.7 Å². The second-order valence-electron chi connectivity index (χ2n) is 6.58. The van der Waals surface area contributed by atoms with Crippen molar-refractivity contribution in [2.24, 2.45) is 0 Å². The topological polar surface area (TPSA) is 84.2 Å². The predicted octanol–water partition coefficient (Wildman–Crippen LogP) is 6.12. The highest BCUT2D eigenvalue weighted by atomic mass is 32.1. The number of carbonyl (C=O) groups excluding carboxylic acids is 2. The van der Waals surface area contributed by atoms with E-state index in [0.717, 1.165) is 20.8 Å². The highest BCUT2D eigenvalue weighted by Gasteiger charge is 2.16. The summed E-state index contributed by atoms with van der Waals surface area (Å²) in [7, 11) is 0. The molecule has 31 heavy (non-hydrogen) atoms. The monoisotopic (exact) mass is 445 g/mol. The minimum atomic E-state index is -0.361. The van der Waals surface area contributed by atoms with Crippen molar-refractivity contribution in [3.8, 4) is 10.6 Å². The Balaban J connectivity index is 1.35. The molecule has 0 bridgehead atoms. The Bertz CT molecular complexity index is 1350. The molecule has 0 fully saturated rings. The molecule has 5 rings (SSSR count). The number of thiazole rings is 1. The van der Waals surface area contributed by atoms with Crippen molar-refractivity contribution in [2.45, 2.75) is 0 Å². The minimum absolute atomic E-state index is 0.212. The molecule has 2 amide bonds. The van der Waals surface area contributed by atoms with E-state index >= 15 is 0 Å². The molecule has 8 heteroatoms. The van der Waals surface area contributed by atoms with Gasteiger partial charge in [0.05, 0.1) is 32.0 Å². The second kappa shape index (κ2) is 8.17. The fourth-order valence-corrected chi connectivity index (χ4v) is 4.86. The van der Waals surface area contributed by atoms with E-state index in [2.05, 4.69) is 10.6 Å². The zero-order valence-corrected chi connectivity index (χ0v) is 17.6. The average Bonchev–Trinajstić information content (AvgIpc) is 3.54. The van der Waals surface area contributed by atoms with E-state index in [1.165, 1.54) is 17.6 Å². The van der Waals surface area contributed by atoms with Crippen molar-refractivity contribution >= 4 is 55.4 Å². The zero-order chi connectivity index (χ0) is 21.2. The molecule has 0 aliphatic rings. The molecule has 0 aliphatic heterocycles. The van der Waals surface area contributed by atoms with Gasteiger partial charge in [0.2, 0.25) is 0 Å². The summed E-state index contributed by atoms with van der Waals surface area (Å²) in [6, 6.07) is 22.1. The normalized spacial score (nSPS) is 10.8. The lowest BCUT2D eigenvalue weighted by molar-refractivity contribution is 0.0995. The van der Waals surface area contributed by atoms with E-state index in [-0.39, 0.29) is 17.6 Å². The van der Waals surface area contributed by atoms with Gasteiger partial charge in [-0.2, -0.15) is 0 Å². The molecule has 0 spiro atoms. The molecule has 152 valence electrons. The first-order valence-corrected chi connectivity index (χ1v) is 11.0. The first kappa shape index (κ1) is 19.2. The van der Waals surface area contributed by atoms with E-state index in [9.17, 15) is 9.59 Å². The highest BCUT2D eigenvalue weighted by molar-refractivity contribution is 7.21. The van der Waals surface area contributed by atoms with Crippen LogP contribution < -0.4 is 10.6 Å². The molecule has 0 aliphatic carbocycles. The number of aromatic nitrogens is 1. The molecule has 0 atom stereocenters. The van der Waals surface area contributed by atoms with Gasteiger partial charge in [0.25, 0.3) is 11.8 Å². The third-order valence-electron chi connectivity index (χ3n) is 4.51. The maximum Gasteiger partial charge on any atom is 0.291 e. The Kier molecular flexibility index (Phi) is 5.07. The first-order chi connectivity index (χ1) is 15.2. The lowest BCUT2D eigenvalue weighted by Crippen LogP contribution is -2.11. The summed E-state index contributed by atoms with van der Waals surface area (Å²) in [6.07, 6.45) is 1.44. The number of hydrogen-bond acceptors (Lipinski definition) is 6. The van der Waals surface area contributed by atoms with Gasteiger partial charge in [-0.3, -0.25) is 9.59 Å². The Hall–Kier alpha value is -3.75. The van der Waals surface area contributed by atoms with Gasteiger partial charge in [-0.05, 0) is 48.5 Å². The summed E-state index contributed by atoms with van der Waals surface area (Å²) in [6.45, 7) is 0. The van der Waals surface area contributed by atoms with Crippen molar-refractivity contribution < 1.29 is 14.0 Å². The molecule has 5 aromatic rings. The Morgan fingerprint density at radius 1 is 0.806 bits per heavy atom. The Labute approximate surface area is 185 Å². The molecule has 0 saturated heterocycles. The van der Waals surface area contributed by atoms with Crippen LogP contribution in [-0.2, 0) is 0 Å². The Morgan fingerprint density at radius 2 is 1.65 bits per heavy atom. The maximum atomic E-state index is 12.8. The summed E-state index contributed by atoms with van der Waals surface area (Å²) in [5.74, 6) is -0.402. The van der Waals surface area contributed by atoms with Crippen LogP contribution in [0.15, 0.2) is 83.5 Å². The predicted molar refractivity (Wildman–Crippen MR) is 124 cm³/mol. The number of nitrogens with zero attached hydrogens (tertiary/aromatic N) is 1. The van der Waals surface area contributed by atoms with E-state index in [4.69, 9.17) is 9.40 Å². The SMILES string of the molecule is O=C(Nc1ccc(C(=O)Nc2ccccc2-c2nc3ccccc3s2)s1)c1ccco1. The van der Waals surface area contributed by atoms with Crippen LogP contribution in [-0.4, -0.2) is 16.8 Å². The molecule has 0 saturated carbocycles. The van der Waals surface area contributed by atoms with Gasteiger partial charge >= 0.3 is 0 Å². The van der Waals surface area contributed by atoms with Gasteiger partial charge in [-0.15, -0.1) is 22.7 Å². The summed E-state index contributed by atoms with van der Waals surface area (Å²) >= 11 is 2.77. The quantitative estimate of drug-likeness (QED) is 0.341. The van der Waals surface area contributed by atoms with Crippen LogP contribution in [0.5, 0.6) is 0 Å². The van der Waals surface area contributed by atoms with Crippen molar-refractivity contribution in [3.05, 3.63) is 89.7 Å². The number of amides is 2. The number of para-hydroxylation sites is 2. The summed E-state index contributed by atoms with van der Waals surface area (Å²) < 4.78 is 6.18. The van der Waals surface area contributed by atoms with Crippen LogP contribution in [0.25, 0.3) is 20.8 Å². The van der Waals surface area contributed by atoms with Crippen LogP contribution in [0, 0.1) is 0 Å². The van der Waals surface area contributed by atoms with Crippen molar-refractivity contribution in [3.63, 3.8) is 0 Å². The van der Waals surface area contributed by atoms with E-state index in [0.29, 0.717) is 15.6 Å². The summed E-state index contributed by atoms with van der Waals surface area (Å²) in [4.78, 5) is 30.1. The smallest absolute Gasteiger partial charge is 0.291 e. The molecule has 3 heterocycles. The molecule has 2 aromatic carbocycles. The number of anilines is 2. The second-order valence-corrected chi connectivity index (χ2v) is 8.70. The lowest BCUT2D eigenvalue weighted by Gasteiger charge is -2.08. The third-order valence-corrected chi connectivity index (χ3v) is 6.58. The van der Waals surface area contributed by atoms with Gasteiger partial charge in [0.1, 0.15) is 5.01 Å². The number of benzene rings is 2. The zero-order valence-electron chi connectivity index (χ0n) is 16.0. The fourth-order valence-electron chi connectivity index (χ4n) is 3.06. The van der Waals surface area contributed by atoms with Gasteiger partial charge in [0.15, 0.2) is 5.76 Å². The van der Waals surface area contributed by atoms with E-state index in [1.807, 2.05) is 48.5 Å². The Morgan fingerprint density at radius 3 is 2.48 bits per heavy atom. The number of fused-ring (bicyclic) bond motifs is 1. The van der Waals surface area contributed by atoms with Crippen LogP contribution in [0.3, 0.4) is 0 Å². The van der Waals surface area contributed by atoms with Crippen molar-refractivity contribution in [1.82, 2.24) is 4.98 Å². The van der Waals surface area contributed by atoms with Crippen LogP contribution in [0.1, 0.15) is 20.2 Å². The molecular formula is C23H15N3O3S2. The van der Waals surface area contributed by atoms with Crippen LogP contribution in [0.4, 0.5) is 10.7 Å². The fraction of sp³-hybridized carbons (Fsp3) is 0. The number of nitrogens with one attached hydrogen (secondary N) is 2. The number of thiophene rings is 1. The van der Waals surface area contributed by atoms with Crippen molar-refractivity contribution in [2.75, 3.05) is 10.6 Å². The minimum Gasteiger partial charge on any atom is -0.459 e. The van der Waals surface area contributed by atoms with Gasteiger partial charge in [0, 0.05) is 5.56 Å². The number of carbonyl (C=O) groups is 2. The summed E-state index contributed by atoms with van der Waals surface area (Å²) in [5, 5.41) is 7.11.